The Kier molecular flexibility index (Phi) is 7.78. The van der Waals surface area contributed by atoms with Crippen molar-refractivity contribution in [2.24, 2.45) is 11.1 Å². The van der Waals surface area contributed by atoms with Gasteiger partial charge in [-0.2, -0.15) is 21.9 Å². The number of hydrogen-bond acceptors (Lipinski definition) is 9. The van der Waals surface area contributed by atoms with Crippen molar-refractivity contribution in [3.05, 3.63) is 11.1 Å². The van der Waals surface area contributed by atoms with Gasteiger partial charge in [-0.3, -0.25) is 14.1 Å². The molecular formula is C13H22N4O6S3. The molecule has 1 amide bonds. The number of carbonyl (C=O) groups excluding carboxylic acids is 2. The van der Waals surface area contributed by atoms with Crippen LogP contribution in [0.1, 0.15) is 33.4 Å². The number of amides is 1. The second kappa shape index (κ2) is 8.33. The van der Waals surface area contributed by atoms with E-state index in [1.165, 1.54) is 26.3 Å². The van der Waals surface area contributed by atoms with Crippen LogP contribution in [-0.2, 0) is 24.7 Å². The predicted molar refractivity (Wildman–Crippen MR) is 103 cm³/mol. The van der Waals surface area contributed by atoms with E-state index in [4.69, 9.17) is 10.3 Å². The molecule has 0 aromatic carbocycles. The van der Waals surface area contributed by atoms with Gasteiger partial charge in [-0.15, -0.1) is 11.3 Å². The summed E-state index contributed by atoms with van der Waals surface area (Å²) in [5.41, 5.74) is 4.39. The Morgan fingerprint density at radius 1 is 1.54 bits per heavy atom. The maximum atomic E-state index is 12.5. The maximum absolute atomic E-state index is 12.5. The lowest BCUT2D eigenvalue weighted by atomic mass is 9.75. The third-order valence-corrected chi connectivity index (χ3v) is 5.49. The molecule has 0 spiro atoms. The molecule has 2 rings (SSSR count). The normalized spacial score (nSPS) is 19.1. The summed E-state index contributed by atoms with van der Waals surface area (Å²) in [5, 5.41) is 5.38. The Morgan fingerprint density at radius 3 is 2.50 bits per heavy atom. The molecule has 2 heterocycles. The summed E-state index contributed by atoms with van der Waals surface area (Å²) >= 11 is 1.11. The number of oxime groups is 1. The average Bonchev–Trinajstić information content (AvgIpc) is 2.86. The molecule has 1 aromatic heterocycles. The molecule has 148 valence electrons. The predicted octanol–water partition coefficient (Wildman–Crippen LogP) is 0.824. The molecule has 13 heteroatoms. The number of carbonyl (C=O) groups is 2. The third-order valence-electron chi connectivity index (χ3n) is 3.71. The van der Waals surface area contributed by atoms with E-state index in [1.807, 2.05) is 0 Å². The summed E-state index contributed by atoms with van der Waals surface area (Å²) in [6.45, 7) is 2.88. The van der Waals surface area contributed by atoms with Crippen LogP contribution < -0.4 is 5.73 Å². The fourth-order valence-corrected chi connectivity index (χ4v) is 4.19. The van der Waals surface area contributed by atoms with Crippen molar-refractivity contribution < 1.29 is 27.4 Å². The summed E-state index contributed by atoms with van der Waals surface area (Å²) in [6, 6.07) is 0. The topological polar surface area (TPSA) is 152 Å². The lowest BCUT2D eigenvalue weighted by Crippen LogP contribution is -2.69. The average molecular weight is 427 g/mol. The minimum absolute atomic E-state index is 0. The molecule has 1 fully saturated rings. The molecule has 1 aliphatic heterocycles. The first-order valence-electron chi connectivity index (χ1n) is 6.67. The molecular weight excluding hydrogens is 404 g/mol. The number of nitrogens with two attached hydrogens (primary N) is 1. The zero-order valence-electron chi connectivity index (χ0n) is 13.6. The minimum atomic E-state index is -4.68. The molecule has 1 atom stereocenters. The van der Waals surface area contributed by atoms with E-state index < -0.39 is 33.5 Å². The number of aromatic nitrogens is 1. The Labute approximate surface area is 162 Å². The van der Waals surface area contributed by atoms with Crippen LogP contribution in [0.25, 0.3) is 0 Å². The van der Waals surface area contributed by atoms with Gasteiger partial charge < -0.3 is 10.6 Å². The third kappa shape index (κ3) is 4.34. The lowest BCUT2D eigenvalue weighted by molar-refractivity contribution is -0.156. The molecule has 1 aliphatic rings. The van der Waals surface area contributed by atoms with Crippen molar-refractivity contribution in [1.82, 2.24) is 9.29 Å². The van der Waals surface area contributed by atoms with Gasteiger partial charge >= 0.3 is 10.3 Å². The highest BCUT2D eigenvalue weighted by molar-refractivity contribution is 7.84. The van der Waals surface area contributed by atoms with Crippen molar-refractivity contribution in [3.8, 4) is 0 Å². The van der Waals surface area contributed by atoms with Crippen molar-refractivity contribution in [1.29, 1.82) is 0 Å². The number of rotatable bonds is 6. The van der Waals surface area contributed by atoms with Crippen molar-refractivity contribution >= 4 is 57.7 Å². The van der Waals surface area contributed by atoms with Gasteiger partial charge in [-0.25, -0.2) is 9.29 Å². The quantitative estimate of drug-likeness (QED) is 0.293. The number of β-lactam (4-membered cyclic amide) rings is 1. The van der Waals surface area contributed by atoms with E-state index in [-0.39, 0.29) is 43.9 Å². The first kappa shape index (κ1) is 24.3. The van der Waals surface area contributed by atoms with Crippen LogP contribution in [0.3, 0.4) is 0 Å². The SMILES string of the molecule is C.CO/N=C(\C(=O)CC1C(=O)N(S(=O)(=O)O)C1(C)C)c1csc(N)n1.S. The van der Waals surface area contributed by atoms with Crippen LogP contribution in [-0.4, -0.2) is 52.3 Å². The number of Topliss-reactive ketones (excluding diaryl/α,β-unsaturated/α-hetero) is 1. The first-order valence-corrected chi connectivity index (χ1v) is 8.95. The van der Waals surface area contributed by atoms with Crippen LogP contribution in [0.15, 0.2) is 10.5 Å². The second-order valence-electron chi connectivity index (χ2n) is 5.61. The summed E-state index contributed by atoms with van der Waals surface area (Å²) in [5.74, 6) is -2.33. The van der Waals surface area contributed by atoms with Gasteiger partial charge in [0.15, 0.2) is 16.6 Å². The monoisotopic (exact) mass is 426 g/mol. The van der Waals surface area contributed by atoms with E-state index in [0.29, 0.717) is 4.31 Å². The summed E-state index contributed by atoms with van der Waals surface area (Å²) in [7, 11) is -3.43. The smallest absolute Gasteiger partial charge is 0.362 e. The zero-order chi connectivity index (χ0) is 18.3. The number of nitrogens with zero attached hydrogens (tertiary/aromatic N) is 3. The van der Waals surface area contributed by atoms with Gasteiger partial charge in [-0.05, 0) is 13.8 Å². The molecule has 1 saturated heterocycles. The van der Waals surface area contributed by atoms with Crippen LogP contribution in [0, 0.1) is 5.92 Å². The van der Waals surface area contributed by atoms with E-state index >= 15 is 0 Å². The van der Waals surface area contributed by atoms with Crippen LogP contribution in [0.4, 0.5) is 5.13 Å². The fourth-order valence-electron chi connectivity index (χ4n) is 2.56. The van der Waals surface area contributed by atoms with Gasteiger partial charge in [0.2, 0.25) is 5.91 Å². The Balaban J connectivity index is 0.00000312. The lowest BCUT2D eigenvalue weighted by Gasteiger charge is -2.50. The fraction of sp³-hybridized carbons (Fsp3) is 0.538. The largest absolute Gasteiger partial charge is 0.398 e. The first-order chi connectivity index (χ1) is 11.0. The molecule has 0 bridgehead atoms. The van der Waals surface area contributed by atoms with Crippen molar-refractivity contribution in [2.75, 3.05) is 12.8 Å². The molecule has 26 heavy (non-hydrogen) atoms. The highest BCUT2D eigenvalue weighted by atomic mass is 32.2. The number of nitrogen functional groups attached to an aromatic ring is 1. The Morgan fingerprint density at radius 2 is 2.12 bits per heavy atom. The molecule has 1 unspecified atom stereocenters. The minimum Gasteiger partial charge on any atom is -0.398 e. The van der Waals surface area contributed by atoms with E-state index in [0.717, 1.165) is 11.3 Å². The maximum Gasteiger partial charge on any atom is 0.362 e. The second-order valence-corrected chi connectivity index (χ2v) is 7.76. The van der Waals surface area contributed by atoms with Crippen LogP contribution in [0.2, 0.25) is 0 Å². The standard InChI is InChI=1S/C12H16N4O6S2.CH4.H2S/c1-12(2)6(10(18)16(12)24(19,20)21)4-8(17)9(15-22-3)7-5-23-11(13)14-7;;/h5-6H,4H2,1-3H3,(H2,13,14)(H,19,20,21);1H4;1H2/b15-9-;;. The van der Waals surface area contributed by atoms with Gasteiger partial charge in [0.05, 0.1) is 11.5 Å². The summed E-state index contributed by atoms with van der Waals surface area (Å²) in [6.07, 6.45) is -0.308. The van der Waals surface area contributed by atoms with Crippen molar-refractivity contribution in [3.63, 3.8) is 0 Å². The highest BCUT2D eigenvalue weighted by Crippen LogP contribution is 2.41. The number of hydrogen-bond donors (Lipinski definition) is 2. The van der Waals surface area contributed by atoms with Crippen LogP contribution in [0.5, 0.6) is 0 Å². The Hall–Kier alpha value is -1.70. The molecule has 10 nitrogen and oxygen atoms in total. The summed E-state index contributed by atoms with van der Waals surface area (Å²) < 4.78 is 31.9. The number of ketones is 1. The van der Waals surface area contributed by atoms with Crippen molar-refractivity contribution in [2.45, 2.75) is 33.2 Å². The summed E-state index contributed by atoms with van der Waals surface area (Å²) in [4.78, 5) is 33.1. The molecule has 3 N–H and O–H groups in total. The van der Waals surface area contributed by atoms with Gasteiger partial charge in [-0.1, -0.05) is 12.6 Å². The molecule has 1 aromatic rings. The van der Waals surface area contributed by atoms with E-state index in [9.17, 15) is 18.0 Å². The molecule has 0 aliphatic carbocycles. The number of thiazole rings is 1. The van der Waals surface area contributed by atoms with E-state index in [1.54, 1.807) is 0 Å². The van der Waals surface area contributed by atoms with E-state index in [2.05, 4.69) is 15.0 Å². The van der Waals surface area contributed by atoms with Gasteiger partial charge in [0.25, 0.3) is 0 Å². The number of anilines is 1. The molecule has 0 saturated carbocycles. The van der Waals surface area contributed by atoms with Gasteiger partial charge in [0, 0.05) is 11.8 Å². The Bertz CT molecular complexity index is 818. The highest BCUT2D eigenvalue weighted by Gasteiger charge is 2.59. The van der Waals surface area contributed by atoms with Gasteiger partial charge in [0.1, 0.15) is 12.8 Å². The molecule has 0 radical (unpaired) electrons. The zero-order valence-corrected chi connectivity index (χ0v) is 16.2. The van der Waals surface area contributed by atoms with Crippen LogP contribution >= 0.6 is 24.8 Å².